The highest BCUT2D eigenvalue weighted by atomic mass is 16.5. The van der Waals surface area contributed by atoms with Crippen LogP contribution >= 0.6 is 0 Å². The Labute approximate surface area is 72.3 Å². The third-order valence-corrected chi connectivity index (χ3v) is 1.18. The van der Waals surface area contributed by atoms with Crippen molar-refractivity contribution in [3.8, 4) is 0 Å². The number of nitrogens with one attached hydrogen (secondary N) is 1. The molecule has 0 aliphatic heterocycles. The lowest BCUT2D eigenvalue weighted by atomic mass is 10.6. The number of hydrogen-bond acceptors (Lipinski definition) is 4. The van der Waals surface area contributed by atoms with Crippen molar-refractivity contribution < 1.29 is 14.7 Å². The van der Waals surface area contributed by atoms with Gasteiger partial charge < -0.3 is 15.3 Å². The second kappa shape index (κ2) is 7.02. The maximum atomic E-state index is 10.4. The summed E-state index contributed by atoms with van der Waals surface area (Å²) in [6.07, 6.45) is 0. The van der Waals surface area contributed by atoms with Crippen LogP contribution in [-0.4, -0.2) is 49.5 Å². The molecule has 0 saturated heterocycles. The predicted molar refractivity (Wildman–Crippen MR) is 43.9 cm³/mol. The van der Waals surface area contributed by atoms with E-state index in [9.17, 15) is 4.79 Å². The molecule has 0 aromatic rings. The Morgan fingerprint density at radius 3 is 2.75 bits per heavy atom. The second-order valence-corrected chi connectivity index (χ2v) is 2.48. The molecule has 72 valence electrons. The Bertz CT molecular complexity index is 128. The fourth-order valence-electron chi connectivity index (χ4n) is 0.598. The molecule has 0 radical (unpaired) electrons. The van der Waals surface area contributed by atoms with Gasteiger partial charge in [-0.15, -0.1) is 0 Å². The van der Waals surface area contributed by atoms with Crippen molar-refractivity contribution in [2.75, 3.05) is 33.4 Å². The number of ether oxygens (including phenoxy) is 1. The van der Waals surface area contributed by atoms with E-state index in [1.54, 1.807) is 7.05 Å². The van der Waals surface area contributed by atoms with Crippen LogP contribution in [0.3, 0.4) is 0 Å². The first kappa shape index (κ1) is 11.4. The maximum absolute atomic E-state index is 10.4. The van der Waals surface area contributed by atoms with Gasteiger partial charge >= 0.3 is 0 Å². The smallest absolute Gasteiger partial charge is 0.216 e. The summed E-state index contributed by atoms with van der Waals surface area (Å²) in [4.78, 5) is 10.4. The zero-order valence-corrected chi connectivity index (χ0v) is 7.54. The monoisotopic (exact) mass is 176 g/mol. The fraction of sp³-hybridized carbons (Fsp3) is 0.857. The molecule has 5 nitrogen and oxygen atoms in total. The zero-order valence-electron chi connectivity index (χ0n) is 7.54. The molecule has 12 heavy (non-hydrogen) atoms. The van der Waals surface area contributed by atoms with Gasteiger partial charge in [-0.2, -0.15) is 5.06 Å². The van der Waals surface area contributed by atoms with Gasteiger partial charge in [0.15, 0.2) is 0 Å². The Hall–Kier alpha value is -0.650. The van der Waals surface area contributed by atoms with Crippen LogP contribution < -0.4 is 5.32 Å². The topological polar surface area (TPSA) is 61.8 Å². The van der Waals surface area contributed by atoms with Crippen LogP contribution in [0, 0.1) is 0 Å². The summed E-state index contributed by atoms with van der Waals surface area (Å²) in [7, 11) is 1.55. The summed E-state index contributed by atoms with van der Waals surface area (Å²) in [6, 6.07) is 0. The van der Waals surface area contributed by atoms with E-state index in [1.165, 1.54) is 6.92 Å². The summed E-state index contributed by atoms with van der Waals surface area (Å²) < 4.78 is 5.08. The Balaban J connectivity index is 2.96. The van der Waals surface area contributed by atoms with Gasteiger partial charge in [0.1, 0.15) is 0 Å². The lowest BCUT2D eigenvalue weighted by Gasteiger charge is -2.08. The summed E-state index contributed by atoms with van der Waals surface area (Å²) in [5.74, 6) is -0.0575. The molecule has 2 N–H and O–H groups in total. The van der Waals surface area contributed by atoms with Gasteiger partial charge in [0.2, 0.25) is 5.91 Å². The molecule has 0 bridgehead atoms. The summed E-state index contributed by atoms with van der Waals surface area (Å²) >= 11 is 0. The van der Waals surface area contributed by atoms with E-state index in [-0.39, 0.29) is 5.91 Å². The quantitative estimate of drug-likeness (QED) is 0.421. The molecule has 0 spiro atoms. The third kappa shape index (κ3) is 9.35. The van der Waals surface area contributed by atoms with Crippen molar-refractivity contribution in [3.05, 3.63) is 0 Å². The Morgan fingerprint density at radius 1 is 1.58 bits per heavy atom. The van der Waals surface area contributed by atoms with Gasteiger partial charge in [0.25, 0.3) is 0 Å². The second-order valence-electron chi connectivity index (χ2n) is 2.48. The molecule has 0 aliphatic carbocycles. The molecule has 0 aromatic carbocycles. The van der Waals surface area contributed by atoms with Gasteiger partial charge in [-0.25, -0.2) is 0 Å². The minimum absolute atomic E-state index is 0.0575. The molecule has 0 saturated carbocycles. The van der Waals surface area contributed by atoms with E-state index < -0.39 is 0 Å². The highest BCUT2D eigenvalue weighted by Gasteiger charge is 1.92. The molecule has 0 fully saturated rings. The fourth-order valence-corrected chi connectivity index (χ4v) is 0.598. The molecule has 0 rings (SSSR count). The molecule has 0 unspecified atom stereocenters. The number of nitrogens with zero attached hydrogens (tertiary/aromatic N) is 1. The number of hydrogen-bond donors (Lipinski definition) is 2. The van der Waals surface area contributed by atoms with Crippen LogP contribution in [0.25, 0.3) is 0 Å². The van der Waals surface area contributed by atoms with Crippen LogP contribution in [0.5, 0.6) is 0 Å². The minimum Gasteiger partial charge on any atom is -0.378 e. The van der Waals surface area contributed by atoms with E-state index in [2.05, 4.69) is 5.32 Å². The van der Waals surface area contributed by atoms with Gasteiger partial charge in [-0.3, -0.25) is 4.79 Å². The van der Waals surface area contributed by atoms with Crippen molar-refractivity contribution in [2.24, 2.45) is 0 Å². The highest BCUT2D eigenvalue weighted by Crippen LogP contribution is 1.77. The SMILES string of the molecule is CC(=O)NCCOCCN(C)O. The summed E-state index contributed by atoms with van der Waals surface area (Å²) in [5, 5.41) is 12.3. The summed E-state index contributed by atoms with van der Waals surface area (Å²) in [6.45, 7) is 3.39. The normalized spacial score (nSPS) is 10.3. The van der Waals surface area contributed by atoms with Crippen LogP contribution in [0.2, 0.25) is 0 Å². The van der Waals surface area contributed by atoms with Crippen molar-refractivity contribution in [1.82, 2.24) is 10.4 Å². The highest BCUT2D eigenvalue weighted by molar-refractivity contribution is 5.72. The molecular weight excluding hydrogens is 160 g/mol. The predicted octanol–water partition coefficient (Wildman–Crippen LogP) is -0.540. The molecule has 0 atom stereocenters. The van der Waals surface area contributed by atoms with Crippen molar-refractivity contribution in [3.63, 3.8) is 0 Å². The van der Waals surface area contributed by atoms with E-state index in [0.29, 0.717) is 26.3 Å². The number of carbonyl (C=O) groups is 1. The first-order valence-corrected chi connectivity index (χ1v) is 3.85. The first-order valence-electron chi connectivity index (χ1n) is 3.85. The largest absolute Gasteiger partial charge is 0.378 e. The number of rotatable bonds is 6. The molecule has 0 aliphatic rings. The Kier molecular flexibility index (Phi) is 6.64. The molecule has 0 heterocycles. The lowest BCUT2D eigenvalue weighted by Crippen LogP contribution is -2.26. The van der Waals surface area contributed by atoms with E-state index >= 15 is 0 Å². The molecule has 0 aromatic heterocycles. The van der Waals surface area contributed by atoms with Gasteiger partial charge in [0, 0.05) is 27.1 Å². The number of hydroxylamine groups is 2. The zero-order chi connectivity index (χ0) is 9.40. The van der Waals surface area contributed by atoms with Crippen LogP contribution in [-0.2, 0) is 9.53 Å². The number of amides is 1. The van der Waals surface area contributed by atoms with Crippen LogP contribution in [0.4, 0.5) is 0 Å². The maximum Gasteiger partial charge on any atom is 0.216 e. The van der Waals surface area contributed by atoms with E-state index in [1.807, 2.05) is 0 Å². The van der Waals surface area contributed by atoms with E-state index in [4.69, 9.17) is 9.94 Å². The average Bonchev–Trinajstić information content (AvgIpc) is 1.95. The van der Waals surface area contributed by atoms with Gasteiger partial charge in [0.05, 0.1) is 13.2 Å². The van der Waals surface area contributed by atoms with Crippen molar-refractivity contribution in [1.29, 1.82) is 0 Å². The van der Waals surface area contributed by atoms with Crippen LogP contribution in [0.15, 0.2) is 0 Å². The molecular formula is C7H16N2O3. The van der Waals surface area contributed by atoms with Crippen LogP contribution in [0.1, 0.15) is 6.92 Å². The summed E-state index contributed by atoms with van der Waals surface area (Å²) in [5.41, 5.74) is 0. The van der Waals surface area contributed by atoms with Crippen molar-refractivity contribution >= 4 is 5.91 Å². The Morgan fingerprint density at radius 2 is 2.25 bits per heavy atom. The first-order chi connectivity index (χ1) is 5.63. The number of likely N-dealkylation sites (N-methyl/N-ethyl adjacent to an activating group) is 1. The molecule has 5 heteroatoms. The molecule has 1 amide bonds. The van der Waals surface area contributed by atoms with Gasteiger partial charge in [-0.05, 0) is 0 Å². The minimum atomic E-state index is -0.0575. The standard InChI is InChI=1S/C7H16N2O3/c1-7(10)8-3-5-12-6-4-9(2)11/h11H,3-6H2,1-2H3,(H,8,10). The van der Waals surface area contributed by atoms with E-state index in [0.717, 1.165) is 5.06 Å². The third-order valence-electron chi connectivity index (χ3n) is 1.18. The van der Waals surface area contributed by atoms with Gasteiger partial charge in [-0.1, -0.05) is 0 Å². The van der Waals surface area contributed by atoms with Crippen molar-refractivity contribution in [2.45, 2.75) is 6.92 Å². The lowest BCUT2D eigenvalue weighted by molar-refractivity contribution is -0.119. The average molecular weight is 176 g/mol. The number of carbonyl (C=O) groups excluding carboxylic acids is 1.